The Morgan fingerprint density at radius 1 is 1.27 bits per heavy atom. The van der Waals surface area contributed by atoms with E-state index in [2.05, 4.69) is 33.6 Å². The quantitative estimate of drug-likeness (QED) is 0.651. The highest BCUT2D eigenvalue weighted by Gasteiger charge is 2.25. The van der Waals surface area contributed by atoms with E-state index in [0.29, 0.717) is 6.61 Å². The van der Waals surface area contributed by atoms with Crippen LogP contribution in [0.15, 0.2) is 52.3 Å². The maximum absolute atomic E-state index is 11.4. The number of nitrogens with zero attached hydrogens (tertiary/aromatic N) is 2. The van der Waals surface area contributed by atoms with E-state index in [1.165, 1.54) is 16.8 Å². The average molecular weight is 355 g/mol. The lowest BCUT2D eigenvalue weighted by Crippen LogP contribution is -2.36. The number of allylic oxidation sites excluding steroid dienone is 2. The van der Waals surface area contributed by atoms with Crippen molar-refractivity contribution in [3.63, 3.8) is 0 Å². The lowest BCUT2D eigenvalue weighted by molar-refractivity contribution is 0.0548. The molecule has 0 spiro atoms. The van der Waals surface area contributed by atoms with Crippen molar-refractivity contribution in [2.24, 2.45) is 5.10 Å². The van der Waals surface area contributed by atoms with Crippen LogP contribution in [-0.2, 0) is 9.47 Å². The zero-order valence-electron chi connectivity index (χ0n) is 15.1. The van der Waals surface area contributed by atoms with Gasteiger partial charge in [0, 0.05) is 18.8 Å². The molecule has 1 aromatic carbocycles. The molecule has 1 heterocycles. The van der Waals surface area contributed by atoms with E-state index >= 15 is 0 Å². The molecular weight excluding hydrogens is 330 g/mol. The Labute approximate surface area is 154 Å². The highest BCUT2D eigenvalue weighted by molar-refractivity contribution is 5.84. The molecule has 6 heteroatoms. The van der Waals surface area contributed by atoms with Gasteiger partial charge in [0.25, 0.3) is 0 Å². The van der Waals surface area contributed by atoms with Crippen molar-refractivity contribution in [2.45, 2.75) is 19.8 Å². The van der Waals surface area contributed by atoms with Gasteiger partial charge in [-0.05, 0) is 42.6 Å². The smallest absolute Gasteiger partial charge is 0.427 e. The summed E-state index contributed by atoms with van der Waals surface area (Å²) >= 11 is 0. The number of ether oxygens (including phenoxy) is 2. The highest BCUT2D eigenvalue weighted by Crippen LogP contribution is 2.34. The highest BCUT2D eigenvalue weighted by atomic mass is 16.5. The third kappa shape index (κ3) is 4.73. The van der Waals surface area contributed by atoms with Crippen molar-refractivity contribution in [3.05, 3.63) is 52.7 Å². The lowest BCUT2D eigenvalue weighted by atomic mass is 10.1. The van der Waals surface area contributed by atoms with Gasteiger partial charge in [0.05, 0.1) is 26.0 Å². The number of nitrogens with one attached hydrogen (secondary N) is 1. The fourth-order valence-electron chi connectivity index (χ4n) is 3.25. The van der Waals surface area contributed by atoms with Gasteiger partial charge in [-0.3, -0.25) is 0 Å². The van der Waals surface area contributed by atoms with Crippen molar-refractivity contribution in [1.82, 2.24) is 10.3 Å². The minimum atomic E-state index is -0.532. The van der Waals surface area contributed by atoms with Gasteiger partial charge in [0.15, 0.2) is 0 Å². The van der Waals surface area contributed by atoms with Gasteiger partial charge in [-0.25, -0.2) is 10.2 Å². The Hall–Kier alpha value is -2.60. The Balaban J connectivity index is 1.83. The number of carbonyl (C=O) groups is 1. The first-order chi connectivity index (χ1) is 12.8. The van der Waals surface area contributed by atoms with Gasteiger partial charge < -0.3 is 14.4 Å². The van der Waals surface area contributed by atoms with Crippen LogP contribution in [0.3, 0.4) is 0 Å². The summed E-state index contributed by atoms with van der Waals surface area (Å²) in [4.78, 5) is 13.8. The molecule has 0 radical (unpaired) electrons. The molecule has 1 aromatic rings. The van der Waals surface area contributed by atoms with Crippen molar-refractivity contribution in [2.75, 3.05) is 32.9 Å². The van der Waals surface area contributed by atoms with Gasteiger partial charge in [0.2, 0.25) is 0 Å². The average Bonchev–Trinajstić information content (AvgIpc) is 3.06. The number of rotatable bonds is 5. The Morgan fingerprint density at radius 3 is 2.77 bits per heavy atom. The van der Waals surface area contributed by atoms with Crippen molar-refractivity contribution in [3.8, 4) is 0 Å². The molecule has 2 aliphatic rings. The first-order valence-corrected chi connectivity index (χ1v) is 9.05. The van der Waals surface area contributed by atoms with Crippen molar-refractivity contribution in [1.29, 1.82) is 0 Å². The van der Waals surface area contributed by atoms with E-state index < -0.39 is 6.09 Å². The monoisotopic (exact) mass is 355 g/mol. The van der Waals surface area contributed by atoms with E-state index in [1.54, 1.807) is 13.1 Å². The van der Waals surface area contributed by atoms with Crippen LogP contribution in [0, 0.1) is 0 Å². The standard InChI is InChI=1S/C20H25N3O3/c1-2-26-20(24)22-21-15-18-9-8-17(14-16-6-4-3-5-7-16)19(18)23-10-12-25-13-11-23/h3-7,14-15H,2,8-13H2,1H3,(H,22,24)/b17-14-,21-15+. The van der Waals surface area contributed by atoms with Crippen LogP contribution in [0.1, 0.15) is 25.3 Å². The van der Waals surface area contributed by atoms with Crippen LogP contribution in [-0.4, -0.2) is 50.1 Å². The number of hydrogen-bond donors (Lipinski definition) is 1. The van der Waals surface area contributed by atoms with Gasteiger partial charge in [-0.2, -0.15) is 5.10 Å². The zero-order chi connectivity index (χ0) is 18.2. The van der Waals surface area contributed by atoms with E-state index in [1.807, 2.05) is 18.2 Å². The molecule has 6 nitrogen and oxygen atoms in total. The summed E-state index contributed by atoms with van der Waals surface area (Å²) in [5.74, 6) is 0. The minimum absolute atomic E-state index is 0.326. The molecular formula is C20H25N3O3. The van der Waals surface area contributed by atoms with Gasteiger partial charge in [-0.1, -0.05) is 30.3 Å². The Bertz CT molecular complexity index is 704. The molecule has 0 saturated carbocycles. The third-order valence-electron chi connectivity index (χ3n) is 4.39. The predicted octanol–water partition coefficient (Wildman–Crippen LogP) is 3.18. The fourth-order valence-corrected chi connectivity index (χ4v) is 3.25. The molecule has 138 valence electrons. The third-order valence-corrected chi connectivity index (χ3v) is 4.39. The number of benzene rings is 1. The molecule has 0 atom stereocenters. The molecule has 1 aliphatic carbocycles. The fraction of sp³-hybridized carbons (Fsp3) is 0.400. The second-order valence-electron chi connectivity index (χ2n) is 6.14. The zero-order valence-corrected chi connectivity index (χ0v) is 15.1. The van der Waals surface area contributed by atoms with E-state index in [9.17, 15) is 4.79 Å². The summed E-state index contributed by atoms with van der Waals surface area (Å²) in [6.45, 7) is 5.28. The van der Waals surface area contributed by atoms with E-state index in [4.69, 9.17) is 9.47 Å². The Morgan fingerprint density at radius 2 is 2.04 bits per heavy atom. The molecule has 0 aromatic heterocycles. The van der Waals surface area contributed by atoms with E-state index in [0.717, 1.165) is 44.7 Å². The summed E-state index contributed by atoms with van der Waals surface area (Å²) in [6, 6.07) is 10.3. The summed E-state index contributed by atoms with van der Waals surface area (Å²) in [5, 5.41) is 4.07. The first-order valence-electron chi connectivity index (χ1n) is 9.05. The maximum atomic E-state index is 11.4. The van der Waals surface area contributed by atoms with Crippen LogP contribution >= 0.6 is 0 Å². The largest absolute Gasteiger partial charge is 0.449 e. The molecule has 26 heavy (non-hydrogen) atoms. The number of hydrazone groups is 1. The molecule has 1 aliphatic heterocycles. The molecule has 1 saturated heterocycles. The lowest BCUT2D eigenvalue weighted by Gasteiger charge is -2.31. The van der Waals surface area contributed by atoms with Crippen LogP contribution in [0.2, 0.25) is 0 Å². The number of amides is 1. The van der Waals surface area contributed by atoms with E-state index in [-0.39, 0.29) is 0 Å². The second-order valence-corrected chi connectivity index (χ2v) is 6.14. The normalized spacial score (nSPS) is 19.4. The second kappa shape index (κ2) is 9.20. The Kier molecular flexibility index (Phi) is 6.44. The SMILES string of the molecule is CCOC(=O)N/N=C/C1=C(N2CCOCC2)C(=C\c2ccccc2)/CC1. The number of morpholine rings is 1. The topological polar surface area (TPSA) is 63.2 Å². The molecule has 3 rings (SSSR count). The number of carbonyl (C=O) groups excluding carboxylic acids is 1. The molecule has 0 unspecified atom stereocenters. The van der Waals surface area contributed by atoms with Crippen molar-refractivity contribution >= 4 is 18.4 Å². The first kappa shape index (κ1) is 18.2. The predicted molar refractivity (Wildman–Crippen MR) is 102 cm³/mol. The van der Waals surface area contributed by atoms with Gasteiger partial charge in [0.1, 0.15) is 0 Å². The van der Waals surface area contributed by atoms with Crippen molar-refractivity contribution < 1.29 is 14.3 Å². The summed E-state index contributed by atoms with van der Waals surface area (Å²) in [6.07, 6.45) is 5.31. The molecule has 1 fully saturated rings. The van der Waals surface area contributed by atoms with Crippen LogP contribution in [0.25, 0.3) is 6.08 Å². The summed E-state index contributed by atoms with van der Waals surface area (Å²) in [7, 11) is 0. The minimum Gasteiger partial charge on any atom is -0.449 e. The maximum Gasteiger partial charge on any atom is 0.427 e. The summed E-state index contributed by atoms with van der Waals surface area (Å²) in [5.41, 5.74) is 7.25. The van der Waals surface area contributed by atoms with Crippen LogP contribution in [0.4, 0.5) is 4.79 Å². The summed E-state index contributed by atoms with van der Waals surface area (Å²) < 4.78 is 10.3. The van der Waals surface area contributed by atoms with Gasteiger partial charge >= 0.3 is 6.09 Å². The molecule has 0 bridgehead atoms. The number of hydrogen-bond acceptors (Lipinski definition) is 5. The van der Waals surface area contributed by atoms with Gasteiger partial charge in [-0.15, -0.1) is 0 Å². The molecule has 1 N–H and O–H groups in total. The van der Waals surface area contributed by atoms with Crippen LogP contribution < -0.4 is 5.43 Å². The molecule has 1 amide bonds. The van der Waals surface area contributed by atoms with Crippen LogP contribution in [0.5, 0.6) is 0 Å².